The largest absolute Gasteiger partial charge is 0.444 e. The van der Waals surface area contributed by atoms with Crippen LogP contribution in [0.1, 0.15) is 80.6 Å². The van der Waals surface area contributed by atoms with Crippen LogP contribution in [0.2, 0.25) is 0 Å². The first-order valence-corrected chi connectivity index (χ1v) is 9.50. The van der Waals surface area contributed by atoms with Crippen LogP contribution in [-0.4, -0.2) is 36.0 Å². The topological polar surface area (TPSA) is 84.6 Å². The highest BCUT2D eigenvalue weighted by Crippen LogP contribution is 2.32. The van der Waals surface area contributed by atoms with E-state index < -0.39 is 0 Å². The molecule has 0 aromatic rings. The summed E-state index contributed by atoms with van der Waals surface area (Å²) >= 11 is 0. The summed E-state index contributed by atoms with van der Waals surface area (Å²) in [6.45, 7) is 13.8. The van der Waals surface area contributed by atoms with Crippen LogP contribution in [0, 0.1) is 11.8 Å². The standard InChI is InChI=1S/C11H23NO.C6H13NO2.C2H6/c1-3-8(4-2)11(12)9-6-5-7-10(9)13;1-6(2,3)9-5(8)7-4;1-2/h8-11,13H,3-7,12H2,1-2H3;1-4H3,(H,7,8);1-2H3. The van der Waals surface area contributed by atoms with Crippen LogP contribution in [0.5, 0.6) is 0 Å². The predicted molar refractivity (Wildman–Crippen MR) is 102 cm³/mol. The van der Waals surface area contributed by atoms with Crippen molar-refractivity contribution in [3.8, 4) is 0 Å². The molecule has 4 N–H and O–H groups in total. The summed E-state index contributed by atoms with van der Waals surface area (Å²) in [6.07, 6.45) is 5.00. The molecule has 0 radical (unpaired) electrons. The summed E-state index contributed by atoms with van der Waals surface area (Å²) in [6, 6.07) is 0.215. The number of nitrogens with two attached hydrogens (primary N) is 1. The molecule has 1 saturated carbocycles. The molecule has 0 spiro atoms. The average molecular weight is 347 g/mol. The third-order valence-corrected chi connectivity index (χ3v) is 4.22. The molecule has 1 aliphatic rings. The van der Waals surface area contributed by atoms with Crippen molar-refractivity contribution >= 4 is 6.09 Å². The summed E-state index contributed by atoms with van der Waals surface area (Å²) in [5.74, 6) is 0.961. The fraction of sp³-hybridized carbons (Fsp3) is 0.947. The summed E-state index contributed by atoms with van der Waals surface area (Å²) in [7, 11) is 1.54. The molecule has 0 aromatic carbocycles. The van der Waals surface area contributed by atoms with Gasteiger partial charge < -0.3 is 20.9 Å². The van der Waals surface area contributed by atoms with E-state index in [1.807, 2.05) is 34.6 Å². The van der Waals surface area contributed by atoms with Gasteiger partial charge in [0.15, 0.2) is 0 Å². The normalized spacial score (nSPS) is 21.1. The first kappa shape index (κ1) is 25.4. The number of hydrogen-bond acceptors (Lipinski definition) is 4. The number of nitrogens with one attached hydrogen (secondary N) is 1. The molecule has 5 nitrogen and oxygen atoms in total. The van der Waals surface area contributed by atoms with Gasteiger partial charge in [0.2, 0.25) is 0 Å². The lowest BCUT2D eigenvalue weighted by atomic mass is 9.83. The zero-order chi connectivity index (χ0) is 19.3. The van der Waals surface area contributed by atoms with Crippen molar-refractivity contribution in [1.29, 1.82) is 0 Å². The quantitative estimate of drug-likeness (QED) is 0.716. The fourth-order valence-corrected chi connectivity index (χ4v) is 2.93. The molecule has 3 unspecified atom stereocenters. The highest BCUT2D eigenvalue weighted by Gasteiger charge is 2.33. The minimum absolute atomic E-state index is 0.129. The Morgan fingerprint density at radius 2 is 1.75 bits per heavy atom. The van der Waals surface area contributed by atoms with Crippen LogP contribution < -0.4 is 11.1 Å². The fourth-order valence-electron chi connectivity index (χ4n) is 2.93. The number of alkyl carbamates (subject to hydrolysis) is 1. The van der Waals surface area contributed by atoms with Crippen molar-refractivity contribution in [2.24, 2.45) is 17.6 Å². The minimum atomic E-state index is -0.389. The highest BCUT2D eigenvalue weighted by atomic mass is 16.6. The molecule has 3 atom stereocenters. The Bertz CT molecular complexity index is 312. The predicted octanol–water partition coefficient (Wildman–Crippen LogP) is 4.08. The summed E-state index contributed by atoms with van der Waals surface area (Å²) < 4.78 is 4.84. The molecular formula is C19H42N2O3. The first-order valence-electron chi connectivity index (χ1n) is 9.50. The Morgan fingerprint density at radius 3 is 2.00 bits per heavy atom. The van der Waals surface area contributed by atoms with Crippen molar-refractivity contribution in [1.82, 2.24) is 5.32 Å². The lowest BCUT2D eigenvalue weighted by Gasteiger charge is -2.28. The Kier molecular flexibility index (Phi) is 14.3. The summed E-state index contributed by atoms with van der Waals surface area (Å²) in [4.78, 5) is 10.5. The second-order valence-electron chi connectivity index (χ2n) is 7.07. The van der Waals surface area contributed by atoms with Crippen molar-refractivity contribution in [2.75, 3.05) is 7.05 Å². The Hall–Kier alpha value is -0.810. The number of rotatable bonds is 4. The van der Waals surface area contributed by atoms with E-state index in [-0.39, 0.29) is 23.8 Å². The maximum atomic E-state index is 10.5. The molecule has 5 heteroatoms. The summed E-state index contributed by atoms with van der Waals surface area (Å²) in [5.41, 5.74) is 5.79. The third-order valence-electron chi connectivity index (χ3n) is 4.22. The van der Waals surface area contributed by atoms with E-state index in [1.54, 1.807) is 0 Å². The lowest BCUT2D eigenvalue weighted by molar-refractivity contribution is 0.0541. The van der Waals surface area contributed by atoms with Gasteiger partial charge in [-0.25, -0.2) is 4.79 Å². The number of carbonyl (C=O) groups excluding carboxylic acids is 1. The lowest BCUT2D eigenvalue weighted by Crippen LogP contribution is -2.40. The smallest absolute Gasteiger partial charge is 0.407 e. The highest BCUT2D eigenvalue weighted by molar-refractivity contribution is 5.67. The molecule has 1 rings (SSSR count). The number of ether oxygens (including phenoxy) is 1. The Labute approximate surface area is 149 Å². The molecule has 0 heterocycles. The number of amides is 1. The SMILES string of the molecule is CC.CCC(CC)C(N)C1CCCC1O.CNC(=O)OC(C)(C)C. The second kappa shape index (κ2) is 13.5. The van der Waals surface area contributed by atoms with Crippen LogP contribution >= 0.6 is 0 Å². The van der Waals surface area contributed by atoms with E-state index in [4.69, 9.17) is 10.5 Å². The van der Waals surface area contributed by atoms with Gasteiger partial charge in [0.05, 0.1) is 6.10 Å². The van der Waals surface area contributed by atoms with Crippen LogP contribution in [0.3, 0.4) is 0 Å². The van der Waals surface area contributed by atoms with E-state index >= 15 is 0 Å². The van der Waals surface area contributed by atoms with Crippen molar-refractivity contribution in [2.45, 2.75) is 98.3 Å². The van der Waals surface area contributed by atoms with E-state index in [9.17, 15) is 9.90 Å². The number of hydrogen-bond donors (Lipinski definition) is 3. The van der Waals surface area contributed by atoms with Crippen molar-refractivity contribution < 1.29 is 14.6 Å². The molecule has 1 fully saturated rings. The van der Waals surface area contributed by atoms with Crippen LogP contribution in [0.4, 0.5) is 4.79 Å². The molecular weight excluding hydrogens is 304 g/mol. The maximum Gasteiger partial charge on any atom is 0.407 e. The van der Waals surface area contributed by atoms with Gasteiger partial charge in [0.1, 0.15) is 5.60 Å². The molecule has 0 bridgehead atoms. The number of aliphatic hydroxyl groups is 1. The van der Waals surface area contributed by atoms with Crippen LogP contribution in [0.25, 0.3) is 0 Å². The Morgan fingerprint density at radius 1 is 1.25 bits per heavy atom. The molecule has 146 valence electrons. The van der Waals surface area contributed by atoms with Crippen LogP contribution in [-0.2, 0) is 4.74 Å². The van der Waals surface area contributed by atoms with Gasteiger partial charge in [-0.15, -0.1) is 0 Å². The maximum absolute atomic E-state index is 10.5. The van der Waals surface area contributed by atoms with Gasteiger partial charge in [-0.1, -0.05) is 47.0 Å². The van der Waals surface area contributed by atoms with E-state index in [2.05, 4.69) is 19.2 Å². The zero-order valence-electron chi connectivity index (χ0n) is 17.2. The van der Waals surface area contributed by atoms with Crippen LogP contribution in [0.15, 0.2) is 0 Å². The zero-order valence-corrected chi connectivity index (χ0v) is 17.2. The molecule has 0 aromatic heterocycles. The molecule has 1 aliphatic carbocycles. The van der Waals surface area contributed by atoms with Gasteiger partial charge in [-0.2, -0.15) is 0 Å². The van der Waals surface area contributed by atoms with Gasteiger partial charge >= 0.3 is 6.09 Å². The van der Waals surface area contributed by atoms with Gasteiger partial charge in [0.25, 0.3) is 0 Å². The average Bonchev–Trinajstić information content (AvgIpc) is 2.95. The second-order valence-corrected chi connectivity index (χ2v) is 7.07. The Balaban J connectivity index is 0. The molecule has 0 saturated heterocycles. The van der Waals surface area contributed by atoms with E-state index in [1.165, 1.54) is 7.05 Å². The minimum Gasteiger partial charge on any atom is -0.444 e. The van der Waals surface area contributed by atoms with Gasteiger partial charge in [-0.3, -0.25) is 0 Å². The van der Waals surface area contributed by atoms with Crippen molar-refractivity contribution in [3.05, 3.63) is 0 Å². The van der Waals surface area contributed by atoms with Gasteiger partial charge in [-0.05, 0) is 39.5 Å². The first-order chi connectivity index (χ1) is 11.2. The molecule has 24 heavy (non-hydrogen) atoms. The summed E-state index contributed by atoms with van der Waals surface area (Å²) in [5, 5.41) is 12.1. The third kappa shape index (κ3) is 10.9. The number of aliphatic hydroxyl groups excluding tert-OH is 1. The van der Waals surface area contributed by atoms with E-state index in [0.29, 0.717) is 11.8 Å². The molecule has 1 amide bonds. The monoisotopic (exact) mass is 346 g/mol. The van der Waals surface area contributed by atoms with Gasteiger partial charge in [0, 0.05) is 19.0 Å². The van der Waals surface area contributed by atoms with E-state index in [0.717, 1.165) is 32.1 Å². The van der Waals surface area contributed by atoms with Crippen molar-refractivity contribution in [3.63, 3.8) is 0 Å². The number of carbonyl (C=O) groups is 1. The molecule has 0 aliphatic heterocycles.